The van der Waals surface area contributed by atoms with Crippen molar-refractivity contribution in [1.29, 1.82) is 0 Å². The first-order chi connectivity index (χ1) is 10.3. The van der Waals surface area contributed by atoms with Crippen LogP contribution in [0.3, 0.4) is 0 Å². The van der Waals surface area contributed by atoms with E-state index in [4.69, 9.17) is 4.74 Å². The van der Waals surface area contributed by atoms with Crippen molar-refractivity contribution in [2.75, 3.05) is 19.2 Å². The van der Waals surface area contributed by atoms with Crippen molar-refractivity contribution in [1.82, 2.24) is 10.3 Å². The molecule has 0 unspecified atom stereocenters. The summed E-state index contributed by atoms with van der Waals surface area (Å²) in [6, 6.07) is 18.3. The van der Waals surface area contributed by atoms with Crippen LogP contribution in [0.5, 0.6) is 5.75 Å². The van der Waals surface area contributed by atoms with E-state index < -0.39 is 0 Å². The van der Waals surface area contributed by atoms with Crippen molar-refractivity contribution in [3.63, 3.8) is 0 Å². The monoisotopic (exact) mass is 281 g/mol. The molecule has 108 valence electrons. The second kappa shape index (κ2) is 5.79. The third-order valence-electron chi connectivity index (χ3n) is 3.53. The summed E-state index contributed by atoms with van der Waals surface area (Å²) in [4.78, 5) is 0. The summed E-state index contributed by atoms with van der Waals surface area (Å²) in [5, 5.41) is 5.50. The highest BCUT2D eigenvalue weighted by atomic mass is 16.5. The summed E-state index contributed by atoms with van der Waals surface area (Å²) >= 11 is 0. The number of allylic oxidation sites excluding steroid dienone is 1. The van der Waals surface area contributed by atoms with Gasteiger partial charge < -0.3 is 10.1 Å². The minimum Gasteiger partial charge on any atom is -0.497 e. The fourth-order valence-electron chi connectivity index (χ4n) is 2.45. The molecule has 4 nitrogen and oxygen atoms in total. The van der Waals surface area contributed by atoms with E-state index in [0.29, 0.717) is 0 Å². The van der Waals surface area contributed by atoms with E-state index in [2.05, 4.69) is 46.9 Å². The first kappa shape index (κ1) is 13.4. The van der Waals surface area contributed by atoms with Crippen LogP contribution >= 0.6 is 0 Å². The Hall–Kier alpha value is -2.62. The Balaban J connectivity index is 1.81. The Bertz CT molecular complexity index is 635. The van der Waals surface area contributed by atoms with Gasteiger partial charge in [-0.1, -0.05) is 30.3 Å². The number of nitrogens with zero attached hydrogens (tertiary/aromatic N) is 1. The van der Waals surface area contributed by atoms with Crippen molar-refractivity contribution >= 4 is 11.4 Å². The highest BCUT2D eigenvalue weighted by Crippen LogP contribution is 2.26. The number of nitrogens with one attached hydrogen (secondary N) is 2. The Morgan fingerprint density at radius 2 is 1.76 bits per heavy atom. The van der Waals surface area contributed by atoms with Crippen LogP contribution in [0.1, 0.15) is 12.5 Å². The van der Waals surface area contributed by atoms with Crippen LogP contribution in [0.4, 0.5) is 5.69 Å². The number of benzene rings is 2. The molecule has 0 fully saturated rings. The molecule has 4 heteroatoms. The lowest BCUT2D eigenvalue weighted by Crippen LogP contribution is -2.29. The summed E-state index contributed by atoms with van der Waals surface area (Å²) in [7, 11) is 1.67. The van der Waals surface area contributed by atoms with E-state index in [1.807, 2.05) is 30.3 Å². The molecule has 2 aromatic rings. The Morgan fingerprint density at radius 1 is 1.05 bits per heavy atom. The van der Waals surface area contributed by atoms with E-state index >= 15 is 0 Å². The molecule has 0 amide bonds. The van der Waals surface area contributed by atoms with E-state index in [9.17, 15) is 0 Å². The fraction of sp³-hybridized carbons (Fsp3) is 0.176. The van der Waals surface area contributed by atoms with Gasteiger partial charge in [0.1, 0.15) is 12.4 Å². The predicted molar refractivity (Wildman–Crippen MR) is 85.5 cm³/mol. The molecular formula is C17H19N3O. The maximum absolute atomic E-state index is 5.18. The van der Waals surface area contributed by atoms with E-state index in [1.165, 1.54) is 17.0 Å². The zero-order chi connectivity index (χ0) is 14.7. The molecule has 0 spiro atoms. The van der Waals surface area contributed by atoms with Gasteiger partial charge in [-0.15, -0.1) is 0 Å². The third-order valence-corrected chi connectivity index (χ3v) is 3.53. The normalized spacial score (nSPS) is 14.1. The Kier molecular flexibility index (Phi) is 3.69. The first-order valence-corrected chi connectivity index (χ1v) is 6.96. The predicted octanol–water partition coefficient (Wildman–Crippen LogP) is 3.27. The number of hydrogen-bond donors (Lipinski definition) is 2. The highest BCUT2D eigenvalue weighted by molar-refractivity contribution is 5.69. The van der Waals surface area contributed by atoms with Crippen molar-refractivity contribution in [3.8, 4) is 5.75 Å². The highest BCUT2D eigenvalue weighted by Gasteiger charge is 2.20. The van der Waals surface area contributed by atoms with Gasteiger partial charge in [-0.3, -0.25) is 10.4 Å². The molecule has 0 atom stereocenters. The third kappa shape index (κ3) is 2.79. The maximum Gasteiger partial charge on any atom is 0.119 e. The Labute approximate surface area is 125 Å². The summed E-state index contributed by atoms with van der Waals surface area (Å²) in [5.41, 5.74) is 7.99. The van der Waals surface area contributed by atoms with Gasteiger partial charge in [0.25, 0.3) is 0 Å². The van der Waals surface area contributed by atoms with Gasteiger partial charge in [-0.05, 0) is 31.2 Å². The van der Waals surface area contributed by atoms with Crippen molar-refractivity contribution in [3.05, 3.63) is 65.9 Å². The molecule has 1 aliphatic rings. The molecule has 3 rings (SSSR count). The molecule has 0 radical (unpaired) electrons. The van der Waals surface area contributed by atoms with Gasteiger partial charge in [-0.25, -0.2) is 0 Å². The standard InChI is InChI=1S/C17H19N3O/c1-13-17(14-6-4-3-5-7-14)20(12-18-13)19-15-8-10-16(21-2)11-9-15/h3-11,18-19H,12H2,1-2H3. The number of rotatable bonds is 4. The summed E-state index contributed by atoms with van der Waals surface area (Å²) in [6.07, 6.45) is 0. The average Bonchev–Trinajstić information content (AvgIpc) is 2.89. The summed E-state index contributed by atoms with van der Waals surface area (Å²) < 4.78 is 5.18. The van der Waals surface area contributed by atoms with E-state index in [-0.39, 0.29) is 0 Å². The molecule has 0 aliphatic carbocycles. The smallest absolute Gasteiger partial charge is 0.119 e. The Morgan fingerprint density at radius 3 is 2.43 bits per heavy atom. The molecule has 0 aromatic heterocycles. The second-order valence-corrected chi connectivity index (χ2v) is 4.94. The number of anilines is 1. The first-order valence-electron chi connectivity index (χ1n) is 6.96. The number of hydrogen-bond acceptors (Lipinski definition) is 4. The topological polar surface area (TPSA) is 36.5 Å². The molecular weight excluding hydrogens is 262 g/mol. The van der Waals surface area contributed by atoms with Crippen LogP contribution in [-0.4, -0.2) is 18.8 Å². The average molecular weight is 281 g/mol. The van der Waals surface area contributed by atoms with Crippen molar-refractivity contribution < 1.29 is 4.74 Å². The lowest BCUT2D eigenvalue weighted by atomic mass is 10.1. The van der Waals surface area contributed by atoms with Gasteiger partial charge in [0.2, 0.25) is 0 Å². The quantitative estimate of drug-likeness (QED) is 0.902. The van der Waals surface area contributed by atoms with Crippen LogP contribution < -0.4 is 15.5 Å². The minimum absolute atomic E-state index is 0.738. The molecule has 1 heterocycles. The number of methoxy groups -OCH3 is 1. The zero-order valence-electron chi connectivity index (χ0n) is 12.3. The summed E-state index contributed by atoms with van der Waals surface area (Å²) in [6.45, 7) is 2.83. The molecule has 2 N–H and O–H groups in total. The lowest BCUT2D eigenvalue weighted by Gasteiger charge is -2.23. The fourth-order valence-corrected chi connectivity index (χ4v) is 2.45. The maximum atomic E-state index is 5.18. The van der Waals surface area contributed by atoms with Gasteiger partial charge in [0.05, 0.1) is 18.5 Å². The van der Waals surface area contributed by atoms with Crippen LogP contribution in [-0.2, 0) is 0 Å². The molecule has 2 aromatic carbocycles. The van der Waals surface area contributed by atoms with E-state index in [1.54, 1.807) is 7.11 Å². The van der Waals surface area contributed by atoms with Crippen molar-refractivity contribution in [2.24, 2.45) is 0 Å². The van der Waals surface area contributed by atoms with Crippen molar-refractivity contribution in [2.45, 2.75) is 6.92 Å². The van der Waals surface area contributed by atoms with Gasteiger partial charge in [-0.2, -0.15) is 0 Å². The van der Waals surface area contributed by atoms with Crippen LogP contribution in [0.15, 0.2) is 60.3 Å². The molecule has 0 saturated carbocycles. The second-order valence-electron chi connectivity index (χ2n) is 4.94. The number of hydrazine groups is 1. The molecule has 21 heavy (non-hydrogen) atoms. The van der Waals surface area contributed by atoms with Crippen LogP contribution in [0, 0.1) is 0 Å². The van der Waals surface area contributed by atoms with Crippen LogP contribution in [0.2, 0.25) is 0 Å². The molecule has 1 aliphatic heterocycles. The van der Waals surface area contributed by atoms with Gasteiger partial charge in [0, 0.05) is 11.3 Å². The SMILES string of the molecule is COc1ccc(NN2CNC(C)=C2c2ccccc2)cc1. The molecule has 0 saturated heterocycles. The van der Waals surface area contributed by atoms with Gasteiger partial charge >= 0.3 is 0 Å². The minimum atomic E-state index is 0.738. The van der Waals surface area contributed by atoms with E-state index in [0.717, 1.165) is 18.1 Å². The molecule has 0 bridgehead atoms. The lowest BCUT2D eigenvalue weighted by molar-refractivity contribution is 0.414. The largest absolute Gasteiger partial charge is 0.497 e. The van der Waals surface area contributed by atoms with Crippen LogP contribution in [0.25, 0.3) is 5.70 Å². The summed E-state index contributed by atoms with van der Waals surface area (Å²) in [5.74, 6) is 0.857. The van der Waals surface area contributed by atoms with Gasteiger partial charge in [0.15, 0.2) is 0 Å². The zero-order valence-corrected chi connectivity index (χ0v) is 12.3. The number of ether oxygens (including phenoxy) is 1.